The smallest absolute Gasteiger partial charge is 0.252 e. The minimum Gasteiger partial charge on any atom is -0.377 e. The van der Waals surface area contributed by atoms with Gasteiger partial charge in [-0.3, -0.25) is 9.59 Å². The van der Waals surface area contributed by atoms with Crippen LogP contribution in [0, 0.1) is 0 Å². The molecule has 12 heteroatoms. The number of alkyl halides is 2. The van der Waals surface area contributed by atoms with Crippen molar-refractivity contribution in [1.29, 1.82) is 0 Å². The van der Waals surface area contributed by atoms with E-state index in [2.05, 4.69) is 20.8 Å². The molecule has 2 amide bonds. The molecule has 2 saturated carbocycles. The number of nitrogens with two attached hydrogens (primary N) is 2. The van der Waals surface area contributed by atoms with Gasteiger partial charge in [-0.1, -0.05) is 0 Å². The Hall–Kier alpha value is -4.22. The van der Waals surface area contributed by atoms with Crippen LogP contribution >= 0.6 is 0 Å². The summed E-state index contributed by atoms with van der Waals surface area (Å²) in [6.07, 6.45) is 10.6. The first kappa shape index (κ1) is 27.4. The third-order valence-corrected chi connectivity index (χ3v) is 8.07. The normalized spacial score (nSPS) is 26.0. The van der Waals surface area contributed by atoms with E-state index < -0.39 is 23.2 Å². The highest BCUT2D eigenvalue weighted by molar-refractivity contribution is 6.02. The third-order valence-electron chi connectivity index (χ3n) is 8.07. The first-order valence-corrected chi connectivity index (χ1v) is 13.4. The summed E-state index contributed by atoms with van der Waals surface area (Å²) in [5, 5.41) is 14.6. The van der Waals surface area contributed by atoms with Gasteiger partial charge < -0.3 is 22.1 Å². The van der Waals surface area contributed by atoms with Crippen LogP contribution in [-0.4, -0.2) is 54.5 Å². The molecule has 0 spiro atoms. The second-order valence-corrected chi connectivity index (χ2v) is 11.0. The third kappa shape index (κ3) is 5.17. The van der Waals surface area contributed by atoms with Crippen LogP contribution < -0.4 is 22.1 Å². The van der Waals surface area contributed by atoms with E-state index in [0.29, 0.717) is 35.3 Å². The van der Waals surface area contributed by atoms with Gasteiger partial charge in [0.05, 0.1) is 58.0 Å². The lowest BCUT2D eigenvalue weighted by atomic mass is 10.0. The van der Waals surface area contributed by atoms with Gasteiger partial charge in [0.15, 0.2) is 0 Å². The van der Waals surface area contributed by atoms with Gasteiger partial charge in [-0.15, -0.1) is 0 Å². The topological polar surface area (TPSA) is 145 Å². The van der Waals surface area contributed by atoms with Gasteiger partial charge >= 0.3 is 0 Å². The van der Waals surface area contributed by atoms with E-state index in [9.17, 15) is 18.4 Å². The van der Waals surface area contributed by atoms with Crippen molar-refractivity contribution in [3.8, 4) is 0 Å². The summed E-state index contributed by atoms with van der Waals surface area (Å²) in [7, 11) is 0. The zero-order valence-electron chi connectivity index (χ0n) is 22.5. The molecule has 2 fully saturated rings. The number of primary amides is 2. The number of rotatable bonds is 6. The number of carbonyl (C=O) groups excluding carboxylic acids is 2. The zero-order valence-corrected chi connectivity index (χ0v) is 22.5. The Morgan fingerprint density at radius 3 is 1.55 bits per heavy atom. The number of hydrogen-bond donors (Lipinski definition) is 4. The molecule has 0 bridgehead atoms. The number of amides is 2. The predicted octanol–water partition coefficient (Wildman–Crippen LogP) is 4.25. The Kier molecular flexibility index (Phi) is 7.11. The van der Waals surface area contributed by atoms with Crippen molar-refractivity contribution in [1.82, 2.24) is 19.2 Å². The van der Waals surface area contributed by atoms with Gasteiger partial charge in [-0.05, 0) is 76.6 Å². The number of fused-ring (bicyclic) bond motifs is 2. The molecule has 0 aromatic carbocycles. The van der Waals surface area contributed by atoms with Crippen molar-refractivity contribution in [2.45, 2.75) is 75.8 Å². The molecule has 6 rings (SSSR count). The first-order chi connectivity index (χ1) is 19.0. The molecule has 4 aromatic heterocycles. The Morgan fingerprint density at radius 1 is 0.825 bits per heavy atom. The molecule has 0 aliphatic heterocycles. The van der Waals surface area contributed by atoms with E-state index in [1.54, 1.807) is 35.3 Å². The minimum atomic E-state index is -1.28. The van der Waals surface area contributed by atoms with Crippen LogP contribution in [0.2, 0.25) is 0 Å². The highest BCUT2D eigenvalue weighted by Crippen LogP contribution is 2.38. The quantitative estimate of drug-likeness (QED) is 0.281. The predicted molar refractivity (Wildman–Crippen MR) is 149 cm³/mol. The van der Waals surface area contributed by atoms with Crippen LogP contribution in [0.4, 0.5) is 20.2 Å². The number of carbonyl (C=O) groups is 2. The lowest BCUT2D eigenvalue weighted by molar-refractivity contribution is 0.0992. The van der Waals surface area contributed by atoms with Gasteiger partial charge in [0.1, 0.15) is 11.3 Å². The Bertz CT molecular complexity index is 1440. The molecule has 6 N–H and O–H groups in total. The lowest BCUT2D eigenvalue weighted by Crippen LogP contribution is -2.36. The van der Waals surface area contributed by atoms with Crippen LogP contribution in [0.3, 0.4) is 0 Å². The number of nitrogens with one attached hydrogen (secondary N) is 2. The molecule has 4 heterocycles. The maximum Gasteiger partial charge on any atom is 0.252 e. The largest absolute Gasteiger partial charge is 0.377 e. The second kappa shape index (κ2) is 10.4. The molecule has 10 nitrogen and oxygen atoms in total. The van der Waals surface area contributed by atoms with Crippen LogP contribution in [-0.2, 0) is 0 Å². The SMILES string of the molecule is C[C@@]1(F)CCC[C@H]1Nc1c(C(N)=O)cnn2cccc12.C[C@]1(F)CCC[C@H]1Nc1c(C(N)=O)cnn2cccc12. The maximum absolute atomic E-state index is 14.4. The number of anilines is 2. The van der Waals surface area contributed by atoms with Gasteiger partial charge in [0.25, 0.3) is 11.8 Å². The van der Waals surface area contributed by atoms with E-state index in [4.69, 9.17) is 11.5 Å². The van der Waals surface area contributed by atoms with Gasteiger partial charge in [-0.2, -0.15) is 10.2 Å². The van der Waals surface area contributed by atoms with E-state index in [0.717, 1.165) is 36.7 Å². The lowest BCUT2D eigenvalue weighted by Gasteiger charge is -2.26. The molecule has 2 aliphatic carbocycles. The molecule has 0 unspecified atom stereocenters. The summed E-state index contributed by atoms with van der Waals surface area (Å²) in [5.74, 6) is -1.13. The average molecular weight is 553 g/mol. The molecule has 2 aliphatic rings. The minimum absolute atomic E-state index is 0.291. The second-order valence-electron chi connectivity index (χ2n) is 11.0. The monoisotopic (exact) mass is 552 g/mol. The summed E-state index contributed by atoms with van der Waals surface area (Å²) in [6.45, 7) is 3.19. The summed E-state index contributed by atoms with van der Waals surface area (Å²) < 4.78 is 32.1. The highest BCUT2D eigenvalue weighted by Gasteiger charge is 2.40. The summed E-state index contributed by atoms with van der Waals surface area (Å²) in [6, 6.07) is 6.66. The van der Waals surface area contributed by atoms with E-state index >= 15 is 0 Å². The molecule has 4 atom stereocenters. The number of halogens is 2. The first-order valence-electron chi connectivity index (χ1n) is 13.4. The molecule has 4 aromatic rings. The van der Waals surface area contributed by atoms with Gasteiger partial charge in [-0.25, -0.2) is 17.8 Å². The number of hydrogen-bond acceptors (Lipinski definition) is 6. The van der Waals surface area contributed by atoms with Crippen LogP contribution in [0.5, 0.6) is 0 Å². The van der Waals surface area contributed by atoms with Crippen molar-refractivity contribution in [3.05, 3.63) is 60.2 Å². The standard InChI is InChI=1S/2C14H17FN4O/c2*1-14(15)6-2-5-11(14)18-12-9(13(16)20)8-17-19-7-3-4-10(12)19/h2*3-4,7-8,11,18H,2,5-6H2,1H3,(H2,16,20)/t11-,14+;11-,14-/m11/s1. The Morgan fingerprint density at radius 2 is 1.23 bits per heavy atom. The fourth-order valence-electron chi connectivity index (χ4n) is 5.71. The summed E-state index contributed by atoms with van der Waals surface area (Å²) in [5.41, 5.74) is 11.4. The zero-order chi connectivity index (χ0) is 28.7. The number of aromatic nitrogens is 4. The fraction of sp³-hybridized carbons (Fsp3) is 0.429. The Labute approximate surface area is 230 Å². The number of nitrogens with zero attached hydrogens (tertiary/aromatic N) is 4. The molecular weight excluding hydrogens is 518 g/mol. The molecule has 40 heavy (non-hydrogen) atoms. The van der Waals surface area contributed by atoms with Crippen molar-refractivity contribution in [2.24, 2.45) is 11.5 Å². The Balaban J connectivity index is 0.000000161. The van der Waals surface area contributed by atoms with E-state index in [1.165, 1.54) is 12.4 Å². The average Bonchev–Trinajstić information content (AvgIpc) is 3.67. The van der Waals surface area contributed by atoms with Crippen LogP contribution in [0.25, 0.3) is 11.0 Å². The van der Waals surface area contributed by atoms with Crippen molar-refractivity contribution in [2.75, 3.05) is 10.6 Å². The molecule has 0 saturated heterocycles. The summed E-state index contributed by atoms with van der Waals surface area (Å²) >= 11 is 0. The highest BCUT2D eigenvalue weighted by atomic mass is 19.1. The molecule has 0 radical (unpaired) electrons. The summed E-state index contributed by atoms with van der Waals surface area (Å²) in [4.78, 5) is 23.1. The van der Waals surface area contributed by atoms with E-state index in [1.807, 2.05) is 24.3 Å². The van der Waals surface area contributed by atoms with Crippen LogP contribution in [0.1, 0.15) is 73.1 Å². The van der Waals surface area contributed by atoms with Gasteiger partial charge in [0, 0.05) is 12.4 Å². The van der Waals surface area contributed by atoms with E-state index in [-0.39, 0.29) is 12.1 Å². The van der Waals surface area contributed by atoms with Crippen LogP contribution in [0.15, 0.2) is 49.1 Å². The van der Waals surface area contributed by atoms with Crippen molar-refractivity contribution >= 4 is 34.2 Å². The van der Waals surface area contributed by atoms with Crippen molar-refractivity contribution in [3.63, 3.8) is 0 Å². The van der Waals surface area contributed by atoms with Gasteiger partial charge in [0.2, 0.25) is 0 Å². The molecule has 212 valence electrons. The molecular formula is C28H34F2N8O2. The van der Waals surface area contributed by atoms with Crippen molar-refractivity contribution < 1.29 is 18.4 Å². The fourth-order valence-corrected chi connectivity index (χ4v) is 5.71. The maximum atomic E-state index is 14.4.